The van der Waals surface area contributed by atoms with Gasteiger partial charge in [-0.15, -0.1) is 0 Å². The van der Waals surface area contributed by atoms with E-state index in [0.717, 1.165) is 10.9 Å². The zero-order valence-electron chi connectivity index (χ0n) is 16.7. The number of ketones is 2. The molecule has 2 aromatic rings. The van der Waals surface area contributed by atoms with E-state index in [-0.39, 0.29) is 17.8 Å². The minimum absolute atomic E-state index is 0.0217. The monoisotopic (exact) mass is 480 g/mol. The van der Waals surface area contributed by atoms with Crippen molar-refractivity contribution in [2.75, 3.05) is 14.2 Å². The van der Waals surface area contributed by atoms with Gasteiger partial charge in [-0.25, -0.2) is 4.79 Å². The maximum Gasteiger partial charge on any atom is 0.330 e. The lowest BCUT2D eigenvalue weighted by molar-refractivity contribution is -0.134. The Labute approximate surface area is 194 Å². The topological polar surface area (TPSA) is 79.5 Å². The van der Waals surface area contributed by atoms with Gasteiger partial charge in [0.05, 0.1) is 18.8 Å². The number of fused-ring (bicyclic) bond motifs is 1. The number of rotatable bonds is 6. The Morgan fingerprint density at radius 2 is 1.94 bits per heavy atom. The lowest BCUT2D eigenvalue weighted by Crippen LogP contribution is -2.39. The number of aromatic nitrogens is 1. The summed E-state index contributed by atoms with van der Waals surface area (Å²) in [6.07, 6.45) is 5.87. The lowest BCUT2D eigenvalue weighted by atomic mass is 9.91. The maximum atomic E-state index is 13.0. The van der Waals surface area contributed by atoms with E-state index >= 15 is 0 Å². The average Bonchev–Trinajstić information content (AvgIpc) is 3.16. The first-order valence-corrected chi connectivity index (χ1v) is 10.4. The van der Waals surface area contributed by atoms with E-state index in [9.17, 15) is 14.4 Å². The van der Waals surface area contributed by atoms with Gasteiger partial charge in [0.25, 0.3) is 3.79 Å². The fourth-order valence-electron chi connectivity index (χ4n) is 3.32. The molecule has 0 spiro atoms. The second-order valence-electron chi connectivity index (χ2n) is 6.99. The minimum atomic E-state index is -2.19. The van der Waals surface area contributed by atoms with Crippen LogP contribution in [0.3, 0.4) is 0 Å². The van der Waals surface area contributed by atoms with Crippen LogP contribution in [0.1, 0.15) is 16.9 Å². The molecule has 0 saturated heterocycles. The molecule has 1 aromatic carbocycles. The van der Waals surface area contributed by atoms with Crippen LogP contribution in [0.2, 0.25) is 0 Å². The fraction of sp³-hybridized carbons (Fsp3) is 0.227. The van der Waals surface area contributed by atoms with Crippen LogP contribution in [0.5, 0.6) is 0 Å². The second-order valence-corrected chi connectivity index (χ2v) is 9.27. The summed E-state index contributed by atoms with van der Waals surface area (Å²) in [5.74, 6) is -1.49. The summed E-state index contributed by atoms with van der Waals surface area (Å²) in [6, 6.07) is 8.64. The highest BCUT2D eigenvalue weighted by Gasteiger charge is 2.39. The van der Waals surface area contributed by atoms with Crippen LogP contribution >= 0.6 is 34.8 Å². The molecule has 9 heteroatoms. The van der Waals surface area contributed by atoms with Gasteiger partial charge in [0.2, 0.25) is 5.78 Å². The molecule has 0 fully saturated rings. The summed E-state index contributed by atoms with van der Waals surface area (Å²) in [5, 5.41) is 0.908. The number of nitrogens with zero attached hydrogens (tertiary/aromatic N) is 1. The lowest BCUT2D eigenvalue weighted by Gasteiger charge is -2.33. The molecule has 0 amide bonds. The third-order valence-corrected chi connectivity index (χ3v) is 5.38. The molecule has 0 radical (unpaired) electrons. The predicted molar refractivity (Wildman–Crippen MR) is 121 cm³/mol. The Bertz CT molecular complexity index is 1090. The van der Waals surface area contributed by atoms with Crippen molar-refractivity contribution in [3.8, 4) is 0 Å². The van der Waals surface area contributed by atoms with Crippen molar-refractivity contribution < 1.29 is 19.1 Å². The molecule has 0 saturated carbocycles. The van der Waals surface area contributed by atoms with Crippen LogP contribution in [0.25, 0.3) is 10.9 Å². The average molecular weight is 482 g/mol. The summed E-state index contributed by atoms with van der Waals surface area (Å²) >= 11 is 17.6. The molecule has 2 heterocycles. The van der Waals surface area contributed by atoms with Crippen molar-refractivity contribution in [3.05, 3.63) is 71.6 Å². The Morgan fingerprint density at radius 3 is 2.58 bits per heavy atom. The molecule has 1 N–H and O–H groups in total. The Hall–Kier alpha value is -2.54. The molecule has 162 valence electrons. The molecular weight excluding hydrogens is 463 g/mol. The number of carbonyl (C=O) groups is 3. The Morgan fingerprint density at radius 1 is 1.23 bits per heavy atom. The summed E-state index contributed by atoms with van der Waals surface area (Å²) in [5.41, 5.74) is 1.93. The van der Waals surface area contributed by atoms with Gasteiger partial charge in [0.15, 0.2) is 5.78 Å². The number of esters is 1. The van der Waals surface area contributed by atoms with Crippen LogP contribution in [0, 0.1) is 0 Å². The standard InChI is InChI=1S/C22H19Cl3N2O4/c1-27-12-13(7-8-20(29)31-2)9-15(21(30)22(23,24)25)18(27)11-19(28)17-10-14-5-3-4-6-16(14)26-17/h3-10,12,18,26H,11H2,1-2H3/b8-7+. The van der Waals surface area contributed by atoms with E-state index in [1.165, 1.54) is 25.3 Å². The van der Waals surface area contributed by atoms with E-state index in [4.69, 9.17) is 34.8 Å². The third kappa shape index (κ3) is 5.39. The van der Waals surface area contributed by atoms with Crippen LogP contribution < -0.4 is 0 Å². The van der Waals surface area contributed by atoms with E-state index in [1.807, 2.05) is 24.3 Å². The quantitative estimate of drug-likeness (QED) is 0.284. The third-order valence-electron chi connectivity index (χ3n) is 4.87. The maximum absolute atomic E-state index is 13.0. The number of H-pyrrole nitrogens is 1. The van der Waals surface area contributed by atoms with Crippen LogP contribution in [-0.2, 0) is 14.3 Å². The number of allylic oxidation sites excluding steroid dienone is 3. The number of ether oxygens (including phenoxy) is 1. The Balaban J connectivity index is 1.91. The van der Waals surface area contributed by atoms with E-state index in [1.54, 1.807) is 24.2 Å². The van der Waals surface area contributed by atoms with Crippen molar-refractivity contribution in [2.45, 2.75) is 16.3 Å². The van der Waals surface area contributed by atoms with E-state index < -0.39 is 21.6 Å². The molecule has 1 aliphatic rings. The van der Waals surface area contributed by atoms with Gasteiger partial charge in [-0.2, -0.15) is 0 Å². The minimum Gasteiger partial charge on any atom is -0.466 e. The van der Waals surface area contributed by atoms with Gasteiger partial charge < -0.3 is 14.6 Å². The molecular formula is C22H19Cl3N2O4. The van der Waals surface area contributed by atoms with Gasteiger partial charge in [0, 0.05) is 42.2 Å². The summed E-state index contributed by atoms with van der Waals surface area (Å²) < 4.78 is 2.39. The van der Waals surface area contributed by atoms with Crippen molar-refractivity contribution in [2.24, 2.45) is 0 Å². The normalized spacial score (nSPS) is 16.9. The Kier molecular flexibility index (Phi) is 6.94. The zero-order valence-corrected chi connectivity index (χ0v) is 19.0. The van der Waals surface area contributed by atoms with Gasteiger partial charge in [0.1, 0.15) is 0 Å². The van der Waals surface area contributed by atoms with Gasteiger partial charge in [-0.05, 0) is 29.9 Å². The van der Waals surface area contributed by atoms with Crippen LogP contribution in [0.15, 0.2) is 65.9 Å². The van der Waals surface area contributed by atoms with Crippen molar-refractivity contribution in [1.29, 1.82) is 0 Å². The van der Waals surface area contributed by atoms with Crippen LogP contribution in [0.4, 0.5) is 0 Å². The molecule has 1 atom stereocenters. The van der Waals surface area contributed by atoms with Crippen molar-refractivity contribution in [3.63, 3.8) is 0 Å². The first kappa shape index (κ1) is 23.1. The molecule has 31 heavy (non-hydrogen) atoms. The SMILES string of the molecule is COC(=O)/C=C/C1=CN(C)C(CC(=O)c2cc3ccccc3[nH]2)C(C(=O)C(Cl)(Cl)Cl)=C1. The number of alkyl halides is 3. The number of aromatic amines is 1. The number of methoxy groups -OCH3 is 1. The molecule has 6 nitrogen and oxygen atoms in total. The summed E-state index contributed by atoms with van der Waals surface area (Å²) in [7, 11) is 2.96. The van der Waals surface area contributed by atoms with E-state index in [2.05, 4.69) is 9.72 Å². The molecule has 0 bridgehead atoms. The highest BCUT2D eigenvalue weighted by atomic mass is 35.6. The smallest absolute Gasteiger partial charge is 0.330 e. The first-order valence-electron chi connectivity index (χ1n) is 9.24. The number of hydrogen-bond acceptors (Lipinski definition) is 5. The number of Topliss-reactive ketones (excluding diaryl/α,β-unsaturated/α-hetero) is 2. The summed E-state index contributed by atoms with van der Waals surface area (Å²) in [6.45, 7) is 0. The van der Waals surface area contributed by atoms with Crippen molar-refractivity contribution >= 4 is 63.2 Å². The number of carbonyl (C=O) groups excluding carboxylic acids is 3. The molecule has 1 aliphatic heterocycles. The van der Waals surface area contributed by atoms with Crippen molar-refractivity contribution in [1.82, 2.24) is 9.88 Å². The molecule has 3 rings (SSSR count). The van der Waals surface area contributed by atoms with E-state index in [0.29, 0.717) is 11.3 Å². The predicted octanol–water partition coefficient (Wildman–Crippen LogP) is 4.53. The highest BCUT2D eigenvalue weighted by molar-refractivity contribution is 6.77. The second kappa shape index (κ2) is 9.30. The number of para-hydroxylation sites is 1. The largest absolute Gasteiger partial charge is 0.466 e. The number of likely N-dealkylation sites (N-methyl/N-ethyl adjacent to an activating group) is 1. The molecule has 1 unspecified atom stereocenters. The van der Waals surface area contributed by atoms with Crippen LogP contribution in [-0.4, -0.2) is 51.4 Å². The summed E-state index contributed by atoms with van der Waals surface area (Å²) in [4.78, 5) is 42.0. The zero-order chi connectivity index (χ0) is 22.8. The number of hydrogen-bond donors (Lipinski definition) is 1. The van der Waals surface area contributed by atoms with Gasteiger partial charge >= 0.3 is 5.97 Å². The van der Waals surface area contributed by atoms with Gasteiger partial charge in [-0.3, -0.25) is 9.59 Å². The number of halogens is 3. The first-order chi connectivity index (χ1) is 14.6. The number of benzene rings is 1. The molecule has 0 aliphatic carbocycles. The van der Waals surface area contributed by atoms with Gasteiger partial charge in [-0.1, -0.05) is 53.0 Å². The molecule has 1 aromatic heterocycles. The fourth-order valence-corrected chi connectivity index (χ4v) is 3.65. The number of nitrogens with one attached hydrogen (secondary N) is 1. The highest BCUT2D eigenvalue weighted by Crippen LogP contribution is 2.35.